The highest BCUT2D eigenvalue weighted by molar-refractivity contribution is 5.08. The average Bonchev–Trinajstić information content (AvgIpc) is 2.09. The average molecular weight is 179 g/mol. The quantitative estimate of drug-likeness (QED) is 0.375. The van der Waals surface area contributed by atoms with Gasteiger partial charge >= 0.3 is 0 Å². The molecule has 0 aliphatic heterocycles. The predicted molar refractivity (Wildman–Crippen MR) is 60.6 cm³/mol. The van der Waals surface area contributed by atoms with Crippen molar-refractivity contribution in [2.75, 3.05) is 0 Å². The van der Waals surface area contributed by atoms with Crippen molar-refractivity contribution >= 4 is 0 Å². The van der Waals surface area contributed by atoms with E-state index in [1.54, 1.807) is 0 Å². The summed E-state index contributed by atoms with van der Waals surface area (Å²) in [5.41, 5.74) is 0.908. The molecule has 75 valence electrons. The van der Waals surface area contributed by atoms with Gasteiger partial charge in [0, 0.05) is 0 Å². The van der Waals surface area contributed by atoms with E-state index in [1.807, 2.05) is 13.0 Å². The first-order valence-electron chi connectivity index (χ1n) is 5.53. The number of allylic oxidation sites excluding steroid dienone is 3. The van der Waals surface area contributed by atoms with Crippen molar-refractivity contribution in [3.63, 3.8) is 0 Å². The molecule has 0 bridgehead atoms. The Morgan fingerprint density at radius 1 is 1.08 bits per heavy atom. The predicted octanol–water partition coefficient (Wildman–Crippen LogP) is 4.67. The first kappa shape index (κ1) is 12.5. The van der Waals surface area contributed by atoms with Gasteiger partial charge in [-0.1, -0.05) is 63.3 Å². The van der Waals surface area contributed by atoms with Gasteiger partial charge < -0.3 is 0 Å². The molecule has 0 saturated heterocycles. The van der Waals surface area contributed by atoms with Crippen molar-refractivity contribution in [3.8, 4) is 0 Å². The number of rotatable bonds is 8. The summed E-state index contributed by atoms with van der Waals surface area (Å²) in [5, 5.41) is 0. The van der Waals surface area contributed by atoms with Crippen LogP contribution in [0.1, 0.15) is 58.8 Å². The van der Waals surface area contributed by atoms with Gasteiger partial charge in [-0.15, -0.1) is 0 Å². The molecule has 0 fully saturated rings. The second-order valence-corrected chi connectivity index (χ2v) is 3.70. The Morgan fingerprint density at radius 3 is 2.31 bits per heavy atom. The van der Waals surface area contributed by atoms with E-state index in [1.165, 1.54) is 44.9 Å². The molecule has 1 radical (unpaired) electrons. The third-order valence-electron chi connectivity index (χ3n) is 2.11. The first-order chi connectivity index (χ1) is 6.27. The van der Waals surface area contributed by atoms with Crippen LogP contribution in [0.15, 0.2) is 17.7 Å². The van der Waals surface area contributed by atoms with Crippen molar-refractivity contribution in [1.82, 2.24) is 0 Å². The summed E-state index contributed by atoms with van der Waals surface area (Å²) in [4.78, 5) is 0. The van der Waals surface area contributed by atoms with Crippen molar-refractivity contribution in [3.05, 3.63) is 24.3 Å². The zero-order chi connectivity index (χ0) is 9.94. The molecule has 0 nitrogen and oxygen atoms in total. The Kier molecular flexibility index (Phi) is 9.18. The lowest BCUT2D eigenvalue weighted by atomic mass is 10.1. The van der Waals surface area contributed by atoms with E-state index in [0.29, 0.717) is 0 Å². The van der Waals surface area contributed by atoms with Crippen LogP contribution in [0.2, 0.25) is 0 Å². The Morgan fingerprint density at radius 2 is 1.69 bits per heavy atom. The molecule has 0 N–H and O–H groups in total. The van der Waals surface area contributed by atoms with Crippen LogP contribution in [-0.4, -0.2) is 0 Å². The summed E-state index contributed by atoms with van der Waals surface area (Å²) < 4.78 is 0. The Balaban J connectivity index is 3.03. The fourth-order valence-corrected chi connectivity index (χ4v) is 1.31. The fourth-order valence-electron chi connectivity index (χ4n) is 1.31. The lowest BCUT2D eigenvalue weighted by Crippen LogP contribution is -1.77. The van der Waals surface area contributed by atoms with Crippen molar-refractivity contribution in [2.45, 2.75) is 58.8 Å². The number of unbranched alkanes of at least 4 members (excludes halogenated alkanes) is 6. The third-order valence-corrected chi connectivity index (χ3v) is 2.11. The molecule has 0 atom stereocenters. The molecular formula is C13H23. The van der Waals surface area contributed by atoms with Crippen LogP contribution in [0.5, 0.6) is 0 Å². The molecule has 0 aromatic heterocycles. The summed E-state index contributed by atoms with van der Waals surface area (Å²) >= 11 is 0. The largest absolute Gasteiger partial charge is 0.0843 e. The van der Waals surface area contributed by atoms with E-state index in [-0.39, 0.29) is 0 Å². The minimum Gasteiger partial charge on any atom is -0.0843 e. The zero-order valence-electron chi connectivity index (χ0n) is 9.18. The topological polar surface area (TPSA) is 0 Å². The van der Waals surface area contributed by atoms with Gasteiger partial charge in [0.15, 0.2) is 0 Å². The van der Waals surface area contributed by atoms with Crippen molar-refractivity contribution < 1.29 is 0 Å². The van der Waals surface area contributed by atoms with Crippen LogP contribution >= 0.6 is 0 Å². The monoisotopic (exact) mass is 179 g/mol. The number of hydrogen-bond donors (Lipinski definition) is 0. The van der Waals surface area contributed by atoms with Crippen molar-refractivity contribution in [1.29, 1.82) is 0 Å². The van der Waals surface area contributed by atoms with E-state index in [0.717, 1.165) is 5.57 Å². The molecule has 0 unspecified atom stereocenters. The molecule has 0 aromatic carbocycles. The smallest absolute Gasteiger partial charge is 0.0348 e. The summed E-state index contributed by atoms with van der Waals surface area (Å²) in [6.45, 7) is 9.68. The molecule has 0 aromatic rings. The summed E-state index contributed by atoms with van der Waals surface area (Å²) in [6, 6.07) is 0. The van der Waals surface area contributed by atoms with Gasteiger partial charge in [-0.3, -0.25) is 0 Å². The molecule has 13 heavy (non-hydrogen) atoms. The van der Waals surface area contributed by atoms with Crippen molar-refractivity contribution in [2.24, 2.45) is 0 Å². The summed E-state index contributed by atoms with van der Waals surface area (Å²) in [7, 11) is 0. The maximum Gasteiger partial charge on any atom is -0.0348 e. The van der Waals surface area contributed by atoms with Crippen LogP contribution in [-0.2, 0) is 0 Å². The molecule has 0 saturated carbocycles. The Bertz CT molecular complexity index is 142. The van der Waals surface area contributed by atoms with E-state index in [9.17, 15) is 0 Å². The molecule has 0 heteroatoms. The Labute approximate surface area is 83.7 Å². The van der Waals surface area contributed by atoms with E-state index >= 15 is 0 Å². The first-order valence-corrected chi connectivity index (χ1v) is 5.53. The van der Waals surface area contributed by atoms with Gasteiger partial charge in [0.2, 0.25) is 0 Å². The highest BCUT2D eigenvalue weighted by Crippen LogP contribution is 2.07. The molecule has 0 rings (SSSR count). The lowest BCUT2D eigenvalue weighted by Gasteiger charge is -1.97. The fraction of sp³-hybridized carbons (Fsp3) is 0.692. The van der Waals surface area contributed by atoms with E-state index in [4.69, 9.17) is 6.58 Å². The van der Waals surface area contributed by atoms with Crippen LogP contribution in [0.25, 0.3) is 0 Å². The van der Waals surface area contributed by atoms with Crippen LogP contribution < -0.4 is 0 Å². The van der Waals surface area contributed by atoms with Gasteiger partial charge in [-0.05, 0) is 19.8 Å². The highest BCUT2D eigenvalue weighted by atomic mass is 13.9. The van der Waals surface area contributed by atoms with E-state index in [2.05, 4.69) is 13.0 Å². The normalized spacial score (nSPS) is 10.9. The molecule has 0 heterocycles. The van der Waals surface area contributed by atoms with E-state index < -0.39 is 0 Å². The molecule has 0 aliphatic carbocycles. The maximum atomic E-state index is 5.50. The molecular weight excluding hydrogens is 156 g/mol. The maximum absolute atomic E-state index is 5.50. The summed E-state index contributed by atoms with van der Waals surface area (Å²) in [6.07, 6.45) is 13.6. The minimum absolute atomic E-state index is 0.908. The lowest BCUT2D eigenvalue weighted by molar-refractivity contribution is 0.611. The van der Waals surface area contributed by atoms with Gasteiger partial charge in [-0.2, -0.15) is 0 Å². The number of hydrogen-bond acceptors (Lipinski definition) is 0. The Hall–Kier alpha value is -0.520. The standard InChI is InChI=1S/C13H23/c1-4-5-6-7-8-9-10-11-12-13(2)3/h2,11-12H,4-10H2,1,3H3. The molecule has 0 spiro atoms. The summed E-state index contributed by atoms with van der Waals surface area (Å²) in [5.74, 6) is 0. The zero-order valence-corrected chi connectivity index (χ0v) is 9.18. The van der Waals surface area contributed by atoms with Gasteiger partial charge in [0.25, 0.3) is 0 Å². The van der Waals surface area contributed by atoms with Gasteiger partial charge in [-0.25, -0.2) is 0 Å². The minimum atomic E-state index is 0.908. The molecule has 0 amide bonds. The highest BCUT2D eigenvalue weighted by Gasteiger charge is 1.87. The van der Waals surface area contributed by atoms with Gasteiger partial charge in [0.05, 0.1) is 0 Å². The third kappa shape index (κ3) is 11.5. The van der Waals surface area contributed by atoms with Crippen LogP contribution in [0.4, 0.5) is 0 Å². The SMILES string of the molecule is [CH]=C(C)C=CCCCCCCCC. The van der Waals surface area contributed by atoms with Crippen LogP contribution in [0, 0.1) is 6.58 Å². The van der Waals surface area contributed by atoms with Gasteiger partial charge in [0.1, 0.15) is 0 Å². The second kappa shape index (κ2) is 9.57. The van der Waals surface area contributed by atoms with Crippen LogP contribution in [0.3, 0.4) is 0 Å². The molecule has 0 aliphatic rings. The second-order valence-electron chi connectivity index (χ2n) is 3.70.